The van der Waals surface area contributed by atoms with Crippen molar-refractivity contribution in [2.45, 2.75) is 112 Å². The Morgan fingerprint density at radius 2 is 0.893 bits per heavy atom. The summed E-state index contributed by atoms with van der Waals surface area (Å²) in [6.07, 6.45) is 2.10. The maximum absolute atomic E-state index is 12.7. The van der Waals surface area contributed by atoms with Crippen LogP contribution in [-0.4, -0.2) is 267 Å². The number of carboxylic acids is 2. The van der Waals surface area contributed by atoms with E-state index in [1.807, 2.05) is 51.6 Å². The first-order valence-electron chi connectivity index (χ1n) is 25.0. The molecule has 5 amide bonds. The number of carboxylic acid groups (broad SMARTS) is 2. The Labute approximate surface area is 459 Å². The molecule has 23 nitrogen and oxygen atoms in total. The number of hydrogen-bond donors (Lipinski definition) is 3. The molecule has 0 aromatic heterocycles. The van der Waals surface area contributed by atoms with Gasteiger partial charge in [0.05, 0.1) is 40.5 Å². The molecular weight excluding hydrogens is 977 g/mol. The zero-order chi connectivity index (χ0) is 55.1. The third-order valence-corrected chi connectivity index (χ3v) is 13.9. The van der Waals surface area contributed by atoms with Crippen molar-refractivity contribution < 1.29 is 92.9 Å². The molecule has 6 aliphatic heterocycles. The summed E-state index contributed by atoms with van der Waals surface area (Å²) in [4.78, 5) is 120. The zero-order valence-corrected chi connectivity index (χ0v) is 45.9. The number of nitrogens with one attached hydrogen (secondary N) is 1. The fraction of sp³-hybridized carbons (Fsp3) is 0.820. The van der Waals surface area contributed by atoms with Crippen molar-refractivity contribution >= 4 is 53.4 Å². The van der Waals surface area contributed by atoms with Crippen molar-refractivity contribution in [3.05, 3.63) is 0 Å². The van der Waals surface area contributed by atoms with Crippen molar-refractivity contribution in [3.63, 3.8) is 0 Å². The van der Waals surface area contributed by atoms with Gasteiger partial charge < -0.3 is 55.0 Å². The summed E-state index contributed by atoms with van der Waals surface area (Å²) >= 11 is 0. The van der Waals surface area contributed by atoms with Gasteiger partial charge in [0.1, 0.15) is 36.3 Å². The van der Waals surface area contributed by atoms with Gasteiger partial charge in [0.25, 0.3) is 0 Å². The number of methoxy groups -OCH3 is 2. The topological polar surface area (TPSA) is 280 Å². The number of aliphatic carboxylic acids is 2. The van der Waals surface area contributed by atoms with Crippen LogP contribution in [0.1, 0.15) is 77.0 Å². The van der Waals surface area contributed by atoms with Crippen LogP contribution in [0.3, 0.4) is 0 Å². The maximum atomic E-state index is 12.7. The summed E-state index contributed by atoms with van der Waals surface area (Å²) in [5.41, 5.74) is 0. The molecule has 0 spiro atoms. The number of hydrogen-bond acceptors (Lipinski definition) is 16. The molecule has 3 unspecified atom stereocenters. The van der Waals surface area contributed by atoms with Crippen LogP contribution in [-0.2, 0) is 52.6 Å². The fourth-order valence-corrected chi connectivity index (χ4v) is 9.26. The van der Waals surface area contributed by atoms with E-state index in [0.717, 1.165) is 32.6 Å². The van der Waals surface area contributed by atoms with Gasteiger partial charge in [-0.3, -0.25) is 47.9 Å². The first-order chi connectivity index (χ1) is 33.6. The van der Waals surface area contributed by atoms with Gasteiger partial charge in [0.2, 0.25) is 29.5 Å². The molecule has 6 aliphatic rings. The molecule has 430 valence electrons. The number of carbonyl (C=O) groups excluding carboxylic acids is 7. The second-order valence-corrected chi connectivity index (χ2v) is 20.2. The van der Waals surface area contributed by atoms with E-state index >= 15 is 0 Å². The van der Waals surface area contributed by atoms with Gasteiger partial charge in [-0.25, -0.2) is 14.4 Å². The SMILES string of the molecule is C.C.CC(C)[C@@H](C(=O)O)N(C)C(=O)[C@H]1CCN(C(=O)[C@@H]2CN2C)C1.CN1C[C@H]1C(=O)O.COC(=O)[C@H](C(C)C)N(C)C(=O)[C@H]1CCN(C(=O)[C@@H]2CN2C)C1.COC(=O)[C@H](C(C)C)N(C)C(=O)[C@H]1CCNC1.[2H]CF.[Li+].[OH-]. The van der Waals surface area contributed by atoms with E-state index in [1.54, 1.807) is 56.7 Å². The predicted molar refractivity (Wildman–Crippen MR) is 276 cm³/mol. The van der Waals surface area contributed by atoms with E-state index in [1.165, 1.54) is 28.9 Å². The van der Waals surface area contributed by atoms with Crippen molar-refractivity contribution in [3.8, 4) is 0 Å². The van der Waals surface area contributed by atoms with Crippen molar-refractivity contribution in [2.24, 2.45) is 35.5 Å². The molecule has 12 atom stereocenters. The molecule has 0 bridgehead atoms. The third-order valence-electron chi connectivity index (χ3n) is 13.9. The van der Waals surface area contributed by atoms with Crippen molar-refractivity contribution in [1.82, 2.24) is 44.5 Å². The van der Waals surface area contributed by atoms with E-state index in [0.29, 0.717) is 45.6 Å². The number of nitrogens with zero attached hydrogens (tertiary/aromatic N) is 8. The molecule has 0 radical (unpaired) electrons. The van der Waals surface area contributed by atoms with Gasteiger partial charge in [-0.15, -0.1) is 0 Å². The van der Waals surface area contributed by atoms with Crippen LogP contribution in [0.15, 0.2) is 0 Å². The summed E-state index contributed by atoms with van der Waals surface area (Å²) in [6, 6.07) is -2.14. The molecule has 0 aromatic carbocycles. The summed E-state index contributed by atoms with van der Waals surface area (Å²) in [5, 5.41) is 20.6. The van der Waals surface area contributed by atoms with Gasteiger partial charge in [0, 0.05) is 73.5 Å². The number of esters is 2. The number of likely N-dealkylation sites (N-methyl/N-ethyl adjacent to an activating group) is 6. The van der Waals surface area contributed by atoms with Crippen LogP contribution >= 0.6 is 0 Å². The summed E-state index contributed by atoms with van der Waals surface area (Å²) < 4.78 is 25.1. The predicted octanol–water partition coefficient (Wildman–Crippen LogP) is -2.16. The maximum Gasteiger partial charge on any atom is 1.00 e. The minimum absolute atomic E-state index is 0. The normalized spacial score (nSPS) is 25.5. The Hall–Kier alpha value is -4.44. The number of alkyl halides is 1. The number of carbonyl (C=O) groups is 9. The Kier molecular flexibility index (Phi) is 33.3. The number of ether oxygens (including phenoxy) is 2. The second kappa shape index (κ2) is 34.4. The smallest absolute Gasteiger partial charge is 0.870 e. The van der Waals surface area contributed by atoms with E-state index in [-0.39, 0.29) is 128 Å². The first-order valence-corrected chi connectivity index (χ1v) is 24.3. The monoisotopic (exact) mass is 1070 g/mol. The quantitative estimate of drug-likeness (QED) is 0.0895. The van der Waals surface area contributed by atoms with Gasteiger partial charge in [-0.2, -0.15) is 0 Å². The van der Waals surface area contributed by atoms with Gasteiger partial charge >= 0.3 is 42.7 Å². The van der Waals surface area contributed by atoms with E-state index < -0.39 is 43.2 Å². The third kappa shape index (κ3) is 21.1. The van der Waals surface area contributed by atoms with Crippen LogP contribution < -0.4 is 24.2 Å². The van der Waals surface area contributed by atoms with Crippen LogP contribution in [0.25, 0.3) is 0 Å². The Bertz CT molecular complexity index is 1890. The number of halogens is 1. The Morgan fingerprint density at radius 3 is 1.12 bits per heavy atom. The van der Waals surface area contributed by atoms with Crippen LogP contribution in [0.5, 0.6) is 0 Å². The van der Waals surface area contributed by atoms with Gasteiger partial charge in [-0.05, 0) is 64.7 Å². The first kappa shape index (κ1) is 72.6. The average Bonchev–Trinajstić information content (AvgIpc) is 4.17. The molecule has 4 N–H and O–H groups in total. The minimum Gasteiger partial charge on any atom is -0.870 e. The molecule has 25 heteroatoms. The van der Waals surface area contributed by atoms with Crippen LogP contribution in [0, 0.1) is 35.5 Å². The van der Waals surface area contributed by atoms with Gasteiger partial charge in [0.15, 0.2) is 0 Å². The van der Waals surface area contributed by atoms with E-state index in [2.05, 4.69) is 5.32 Å². The number of amides is 5. The molecule has 6 fully saturated rings. The fourth-order valence-electron chi connectivity index (χ4n) is 9.26. The van der Waals surface area contributed by atoms with Crippen LogP contribution in [0.2, 0.25) is 0 Å². The molecule has 6 saturated heterocycles. The number of likely N-dealkylation sites (tertiary alicyclic amines) is 2. The Balaban J connectivity index is -0.000000946. The van der Waals surface area contributed by atoms with Crippen molar-refractivity contribution in [2.75, 3.05) is 123 Å². The molecule has 75 heavy (non-hydrogen) atoms. The van der Waals surface area contributed by atoms with Crippen LogP contribution in [0.4, 0.5) is 4.39 Å². The van der Waals surface area contributed by atoms with E-state index in [9.17, 15) is 52.6 Å². The summed E-state index contributed by atoms with van der Waals surface area (Å²) in [5.74, 6) is -3.18. The summed E-state index contributed by atoms with van der Waals surface area (Å²) in [6.45, 7) is 17.1. The second-order valence-electron chi connectivity index (χ2n) is 20.2. The molecular formula is C50H93FLiN9O14. The minimum atomic E-state index is -1.00. The van der Waals surface area contributed by atoms with Gasteiger partial charge in [-0.1, -0.05) is 56.4 Å². The molecule has 0 aromatic rings. The molecule has 6 heterocycles. The van der Waals surface area contributed by atoms with E-state index in [4.69, 9.17) is 16.0 Å². The largest absolute Gasteiger partial charge is 1.00 e. The molecule has 0 saturated carbocycles. The number of rotatable bonds is 15. The molecule has 6 rings (SSSR count). The van der Waals surface area contributed by atoms with Crippen molar-refractivity contribution in [1.29, 1.82) is 0 Å². The summed E-state index contributed by atoms with van der Waals surface area (Å²) in [7, 11) is 12.2. The standard InChI is InChI=1S/C16H27N3O4.C15H25N3O4.C12H22N2O3.C4H7NO2.CH3F.2CH4.Li.H2O/c1-10(2)13(16(22)23-5)18(4)14(20)11-6-7-19(8-11)15(21)12-9-17(12)3;1-9(2)12(15(21)22)17(4)13(19)10-5-6-18(7-10)14(20)11-8-16(11)3;1-8(2)10(12(16)17-4)14(3)11(15)9-5-6-13-7-9;1-5-2-3(5)4(6)7;1-2;;;;/h10-13H,6-9H2,1-5H3;9-12H,5-8H2,1-4H3,(H,21,22);8-10,13H,5-7H2,1-4H3;3H,2H2,1H3,(H,6,7);1H3;2*1H4;;1H2/q;;;;;;;+1;/p-1/t11-,12-,13-,17?;10-,11-,12-,16?;9-,10-;3-,5?;;;;;/m0000...../s1/i;;;;1D;;;;. The zero-order valence-electron chi connectivity index (χ0n) is 46.9. The Morgan fingerprint density at radius 1 is 0.587 bits per heavy atom. The average molecular weight is 1070 g/mol. The molecule has 0 aliphatic carbocycles.